The zero-order valence-electron chi connectivity index (χ0n) is 8.48. The summed E-state index contributed by atoms with van der Waals surface area (Å²) in [5.41, 5.74) is 1.45. The Morgan fingerprint density at radius 1 is 1.50 bits per heavy atom. The molecule has 1 rings (SSSR count). The highest BCUT2D eigenvalue weighted by Gasteiger charge is 2.25. The van der Waals surface area contributed by atoms with Crippen LogP contribution in [0.3, 0.4) is 0 Å². The first-order valence-corrected chi connectivity index (χ1v) is 4.64. The Balaban J connectivity index is 2.92. The van der Waals surface area contributed by atoms with Crippen LogP contribution in [-0.4, -0.2) is 5.78 Å². The second-order valence-electron chi connectivity index (χ2n) is 4.56. The van der Waals surface area contributed by atoms with Crippen LogP contribution in [0.25, 0.3) is 0 Å². The van der Waals surface area contributed by atoms with E-state index in [1.165, 1.54) is 5.57 Å². The summed E-state index contributed by atoms with van der Waals surface area (Å²) in [5.74, 6) is 0.543. The molecule has 12 heavy (non-hydrogen) atoms. The van der Waals surface area contributed by atoms with E-state index in [1.807, 2.05) is 6.92 Å². The van der Waals surface area contributed by atoms with Crippen LogP contribution in [0.4, 0.5) is 0 Å². The van der Waals surface area contributed by atoms with Crippen LogP contribution in [0.15, 0.2) is 11.6 Å². The molecular formula is C11H18O. The lowest BCUT2D eigenvalue weighted by Crippen LogP contribution is -2.10. The van der Waals surface area contributed by atoms with Gasteiger partial charge < -0.3 is 0 Å². The third-order valence-corrected chi connectivity index (χ3v) is 2.80. The number of carbonyl (C=O) groups is 1. The van der Waals surface area contributed by atoms with E-state index in [1.54, 1.807) is 0 Å². The minimum atomic E-state index is 0.145. The molecule has 0 N–H and O–H groups in total. The van der Waals surface area contributed by atoms with Gasteiger partial charge in [0.2, 0.25) is 0 Å². The van der Waals surface area contributed by atoms with Crippen LogP contribution in [0, 0.1) is 11.3 Å². The monoisotopic (exact) mass is 166 g/mol. The molecule has 1 atom stereocenters. The standard InChI is InChI=1S/C11H18O/c1-8-7-11(3,4)6-5-10(12)9(8)2/h7,9H,5-6H2,1-4H3. The fourth-order valence-electron chi connectivity index (χ4n) is 1.73. The molecule has 1 heteroatoms. The summed E-state index contributed by atoms with van der Waals surface area (Å²) in [6.07, 6.45) is 3.98. The maximum Gasteiger partial charge on any atom is 0.139 e. The first-order chi connectivity index (χ1) is 5.42. The zero-order chi connectivity index (χ0) is 9.35. The van der Waals surface area contributed by atoms with Gasteiger partial charge in [0, 0.05) is 12.3 Å². The summed E-state index contributed by atoms with van der Waals surface area (Å²) in [6, 6.07) is 0. The van der Waals surface area contributed by atoms with Gasteiger partial charge in [0.25, 0.3) is 0 Å². The van der Waals surface area contributed by atoms with Crippen molar-refractivity contribution in [3.8, 4) is 0 Å². The van der Waals surface area contributed by atoms with Gasteiger partial charge in [-0.05, 0) is 18.8 Å². The van der Waals surface area contributed by atoms with Gasteiger partial charge in [0.15, 0.2) is 0 Å². The summed E-state index contributed by atoms with van der Waals surface area (Å²) in [5, 5.41) is 0. The summed E-state index contributed by atoms with van der Waals surface area (Å²) >= 11 is 0. The molecule has 1 nitrogen and oxygen atoms in total. The van der Waals surface area contributed by atoms with Crippen molar-refractivity contribution in [1.29, 1.82) is 0 Å². The number of carbonyl (C=O) groups excluding carboxylic acids is 1. The van der Waals surface area contributed by atoms with Crippen LogP contribution in [0.5, 0.6) is 0 Å². The van der Waals surface area contributed by atoms with E-state index in [4.69, 9.17) is 0 Å². The summed E-state index contributed by atoms with van der Waals surface area (Å²) in [7, 11) is 0. The van der Waals surface area contributed by atoms with E-state index < -0.39 is 0 Å². The smallest absolute Gasteiger partial charge is 0.139 e. The molecule has 1 unspecified atom stereocenters. The maximum atomic E-state index is 11.5. The molecule has 0 saturated heterocycles. The van der Waals surface area contributed by atoms with Gasteiger partial charge in [-0.3, -0.25) is 4.79 Å². The highest BCUT2D eigenvalue weighted by atomic mass is 16.1. The fourth-order valence-corrected chi connectivity index (χ4v) is 1.73. The largest absolute Gasteiger partial charge is 0.299 e. The van der Waals surface area contributed by atoms with E-state index in [0.717, 1.165) is 12.8 Å². The van der Waals surface area contributed by atoms with Gasteiger partial charge in [0.05, 0.1) is 0 Å². The Morgan fingerprint density at radius 2 is 2.08 bits per heavy atom. The summed E-state index contributed by atoms with van der Waals surface area (Å²) in [6.45, 7) is 8.47. The molecule has 0 aliphatic heterocycles. The second-order valence-corrected chi connectivity index (χ2v) is 4.56. The average Bonchev–Trinajstić information content (AvgIpc) is 2.03. The molecule has 68 valence electrons. The third kappa shape index (κ3) is 1.96. The first-order valence-electron chi connectivity index (χ1n) is 4.64. The van der Waals surface area contributed by atoms with Crippen molar-refractivity contribution >= 4 is 5.78 Å². The van der Waals surface area contributed by atoms with Crippen molar-refractivity contribution in [2.24, 2.45) is 11.3 Å². The summed E-state index contributed by atoms with van der Waals surface area (Å²) < 4.78 is 0. The Labute approximate surface area is 74.9 Å². The number of rotatable bonds is 0. The molecule has 0 spiro atoms. The van der Waals surface area contributed by atoms with E-state index >= 15 is 0 Å². The number of Topliss-reactive ketones (excluding diaryl/α,β-unsaturated/α-hetero) is 1. The second kappa shape index (κ2) is 3.04. The predicted octanol–water partition coefficient (Wildman–Crippen LogP) is 2.96. The van der Waals surface area contributed by atoms with Gasteiger partial charge in [-0.25, -0.2) is 0 Å². The molecule has 0 bridgehead atoms. The van der Waals surface area contributed by atoms with Crippen molar-refractivity contribution in [2.45, 2.75) is 40.5 Å². The SMILES string of the molecule is CC1=CC(C)(C)CCC(=O)C1C. The maximum absolute atomic E-state index is 11.5. The van der Waals surface area contributed by atoms with E-state index in [0.29, 0.717) is 5.78 Å². The van der Waals surface area contributed by atoms with Crippen molar-refractivity contribution in [3.63, 3.8) is 0 Å². The minimum absolute atomic E-state index is 0.145. The molecular weight excluding hydrogens is 148 g/mol. The molecule has 0 heterocycles. The van der Waals surface area contributed by atoms with Gasteiger partial charge >= 0.3 is 0 Å². The Bertz CT molecular complexity index is 223. The molecule has 1 aliphatic rings. The van der Waals surface area contributed by atoms with Crippen molar-refractivity contribution in [3.05, 3.63) is 11.6 Å². The van der Waals surface area contributed by atoms with Crippen LogP contribution in [0.2, 0.25) is 0 Å². The first kappa shape index (κ1) is 9.50. The van der Waals surface area contributed by atoms with E-state index in [2.05, 4.69) is 26.8 Å². The number of hydrogen-bond acceptors (Lipinski definition) is 1. The highest BCUT2D eigenvalue weighted by molar-refractivity contribution is 5.83. The van der Waals surface area contributed by atoms with Crippen molar-refractivity contribution in [2.75, 3.05) is 0 Å². The number of ketones is 1. The van der Waals surface area contributed by atoms with Gasteiger partial charge in [-0.2, -0.15) is 0 Å². The molecule has 0 saturated carbocycles. The van der Waals surface area contributed by atoms with Crippen LogP contribution >= 0.6 is 0 Å². The minimum Gasteiger partial charge on any atom is -0.299 e. The van der Waals surface area contributed by atoms with Crippen LogP contribution in [0.1, 0.15) is 40.5 Å². The Morgan fingerprint density at radius 3 is 2.67 bits per heavy atom. The average molecular weight is 166 g/mol. The Hall–Kier alpha value is -0.590. The predicted molar refractivity (Wildman–Crippen MR) is 50.9 cm³/mol. The molecule has 0 radical (unpaired) electrons. The zero-order valence-corrected chi connectivity index (χ0v) is 8.48. The molecule has 0 amide bonds. The molecule has 0 fully saturated rings. The summed E-state index contributed by atoms with van der Waals surface area (Å²) in [4.78, 5) is 11.5. The third-order valence-electron chi connectivity index (χ3n) is 2.80. The highest BCUT2D eigenvalue weighted by Crippen LogP contribution is 2.32. The molecule has 0 aromatic carbocycles. The van der Waals surface area contributed by atoms with Gasteiger partial charge in [0.1, 0.15) is 5.78 Å². The lowest BCUT2D eigenvalue weighted by atomic mass is 9.87. The van der Waals surface area contributed by atoms with Crippen LogP contribution in [-0.2, 0) is 4.79 Å². The van der Waals surface area contributed by atoms with Crippen LogP contribution < -0.4 is 0 Å². The van der Waals surface area contributed by atoms with Crippen molar-refractivity contribution in [1.82, 2.24) is 0 Å². The number of hydrogen-bond donors (Lipinski definition) is 0. The molecule has 0 aromatic heterocycles. The van der Waals surface area contributed by atoms with E-state index in [9.17, 15) is 4.79 Å². The normalized spacial score (nSPS) is 29.5. The van der Waals surface area contributed by atoms with Gasteiger partial charge in [-0.1, -0.05) is 32.4 Å². The lowest BCUT2D eigenvalue weighted by Gasteiger charge is -2.17. The Kier molecular flexibility index (Phi) is 2.41. The topological polar surface area (TPSA) is 17.1 Å². The quantitative estimate of drug-likeness (QED) is 0.506. The fraction of sp³-hybridized carbons (Fsp3) is 0.727. The van der Waals surface area contributed by atoms with Gasteiger partial charge in [-0.15, -0.1) is 0 Å². The lowest BCUT2D eigenvalue weighted by molar-refractivity contribution is -0.121. The molecule has 0 aromatic rings. The molecule has 1 aliphatic carbocycles. The number of allylic oxidation sites excluding steroid dienone is 2. The van der Waals surface area contributed by atoms with E-state index in [-0.39, 0.29) is 11.3 Å². The van der Waals surface area contributed by atoms with Crippen molar-refractivity contribution < 1.29 is 4.79 Å².